The monoisotopic (exact) mass is 300 g/mol. The van der Waals surface area contributed by atoms with Crippen molar-refractivity contribution in [2.24, 2.45) is 5.41 Å². The van der Waals surface area contributed by atoms with E-state index in [0.717, 1.165) is 0 Å². The van der Waals surface area contributed by atoms with Crippen LogP contribution < -0.4 is 0 Å². The molecule has 1 unspecified atom stereocenters. The zero-order chi connectivity index (χ0) is 14.9. The average Bonchev–Trinajstić information content (AvgIpc) is 2.46. The molecular weight excluding hydrogens is 280 g/mol. The summed E-state index contributed by atoms with van der Waals surface area (Å²) in [6.45, 7) is 4.03. The largest absolute Gasteiger partial charge is 0.355 e. The number of hydrogen-bond acceptors (Lipinski definition) is 4. The molecule has 1 heterocycles. The van der Waals surface area contributed by atoms with E-state index in [1.807, 2.05) is 6.92 Å². The summed E-state index contributed by atoms with van der Waals surface area (Å²) in [6, 6.07) is 8.74. The van der Waals surface area contributed by atoms with E-state index < -0.39 is 20.3 Å². The van der Waals surface area contributed by atoms with Gasteiger partial charge in [0.15, 0.2) is 0 Å². The predicted octanol–water partition coefficient (Wildman–Crippen LogP) is 2.19. The first kappa shape index (κ1) is 15.4. The highest BCUT2D eigenvalue weighted by Crippen LogP contribution is 2.49. The molecule has 1 aromatic carbocycles. The molecule has 1 N–H and O–H groups in total. The molecule has 1 aliphatic rings. The lowest BCUT2D eigenvalue weighted by Gasteiger charge is -2.47. The van der Waals surface area contributed by atoms with Crippen molar-refractivity contribution >= 4 is 10.1 Å². The molecule has 5 nitrogen and oxygen atoms in total. The van der Waals surface area contributed by atoms with E-state index in [-0.39, 0.29) is 20.0 Å². The van der Waals surface area contributed by atoms with E-state index in [4.69, 9.17) is 9.47 Å². The fourth-order valence-electron chi connectivity index (χ4n) is 2.88. The van der Waals surface area contributed by atoms with E-state index in [1.165, 1.54) is 0 Å². The van der Waals surface area contributed by atoms with Crippen LogP contribution in [0.2, 0.25) is 0 Å². The maximum Gasteiger partial charge on any atom is 0.275 e. The van der Waals surface area contributed by atoms with E-state index in [0.29, 0.717) is 12.0 Å². The maximum absolute atomic E-state index is 12.2. The summed E-state index contributed by atoms with van der Waals surface area (Å²) >= 11 is 0. The smallest absolute Gasteiger partial charge is 0.275 e. The van der Waals surface area contributed by atoms with Crippen molar-refractivity contribution in [1.82, 2.24) is 0 Å². The van der Waals surface area contributed by atoms with Gasteiger partial charge in [-0.25, -0.2) is 0 Å². The van der Waals surface area contributed by atoms with Crippen LogP contribution >= 0.6 is 0 Å². The van der Waals surface area contributed by atoms with Gasteiger partial charge in [0.2, 0.25) is 0 Å². The Kier molecular flexibility index (Phi) is 4.20. The highest BCUT2D eigenvalue weighted by atomic mass is 32.2. The quantitative estimate of drug-likeness (QED) is 0.863. The number of hydrogen-bond donors (Lipinski definition) is 1. The van der Waals surface area contributed by atoms with Crippen molar-refractivity contribution in [2.45, 2.75) is 25.0 Å². The van der Waals surface area contributed by atoms with Gasteiger partial charge in [-0.1, -0.05) is 37.3 Å². The second-order valence-electron chi connectivity index (χ2n) is 5.32. The van der Waals surface area contributed by atoms with Crippen molar-refractivity contribution in [2.75, 3.05) is 20.0 Å². The molecule has 0 aliphatic carbocycles. The first-order chi connectivity index (χ1) is 9.37. The van der Waals surface area contributed by atoms with Crippen molar-refractivity contribution in [3.05, 3.63) is 35.9 Å². The molecule has 0 amide bonds. The van der Waals surface area contributed by atoms with Gasteiger partial charge >= 0.3 is 0 Å². The van der Waals surface area contributed by atoms with Crippen LogP contribution in [0.5, 0.6) is 0 Å². The highest BCUT2D eigenvalue weighted by Gasteiger charge is 2.57. The summed E-state index contributed by atoms with van der Waals surface area (Å²) < 4.78 is 43.4. The first-order valence-electron chi connectivity index (χ1n) is 6.55. The molecule has 1 aliphatic heterocycles. The van der Waals surface area contributed by atoms with Crippen LogP contribution in [0.25, 0.3) is 0 Å². The SMILES string of the molecule is CCC1(C(C)(c2ccccc2)S(=O)(=O)O)COCOC1. The maximum atomic E-state index is 12.2. The summed E-state index contributed by atoms with van der Waals surface area (Å²) in [5.74, 6) is 0. The standard InChI is InChI=1S/C14H20O5S/c1-3-14(9-18-11-19-10-14)13(2,20(15,16)17)12-7-5-4-6-8-12/h4-8H,3,9-11H2,1-2H3,(H,15,16,17). The normalized spacial score (nSPS) is 22.1. The molecule has 20 heavy (non-hydrogen) atoms. The predicted molar refractivity (Wildman–Crippen MR) is 74.8 cm³/mol. The zero-order valence-electron chi connectivity index (χ0n) is 11.7. The third-order valence-electron chi connectivity index (χ3n) is 4.45. The molecule has 0 aromatic heterocycles. The topological polar surface area (TPSA) is 72.8 Å². The van der Waals surface area contributed by atoms with Crippen LogP contribution in [0.15, 0.2) is 30.3 Å². The minimum Gasteiger partial charge on any atom is -0.355 e. The fourth-order valence-corrected chi connectivity index (χ4v) is 4.12. The molecule has 1 fully saturated rings. The van der Waals surface area contributed by atoms with Gasteiger partial charge < -0.3 is 9.47 Å². The Morgan fingerprint density at radius 2 is 1.80 bits per heavy atom. The third-order valence-corrected chi connectivity index (χ3v) is 6.15. The minimum absolute atomic E-state index is 0.151. The molecule has 112 valence electrons. The van der Waals surface area contributed by atoms with Crippen molar-refractivity contribution < 1.29 is 22.4 Å². The van der Waals surface area contributed by atoms with Crippen LogP contribution in [-0.4, -0.2) is 33.0 Å². The summed E-state index contributed by atoms with van der Waals surface area (Å²) in [5, 5.41) is 0. The summed E-state index contributed by atoms with van der Waals surface area (Å²) in [4.78, 5) is 0. The van der Waals surface area contributed by atoms with Gasteiger partial charge in [-0.05, 0) is 18.9 Å². The van der Waals surface area contributed by atoms with Gasteiger partial charge in [-0.15, -0.1) is 0 Å². The third kappa shape index (κ3) is 2.26. The second-order valence-corrected chi connectivity index (χ2v) is 7.09. The second kappa shape index (κ2) is 5.44. The molecule has 6 heteroatoms. The molecule has 1 aromatic rings. The Hall–Kier alpha value is -0.950. The Balaban J connectivity index is 2.64. The Morgan fingerprint density at radius 1 is 1.25 bits per heavy atom. The molecule has 0 saturated carbocycles. The molecule has 0 radical (unpaired) electrons. The van der Waals surface area contributed by atoms with Crippen LogP contribution in [0.4, 0.5) is 0 Å². The Morgan fingerprint density at radius 3 is 2.25 bits per heavy atom. The Labute approximate surface area is 119 Å². The minimum atomic E-state index is -4.35. The van der Waals surface area contributed by atoms with Crippen LogP contribution in [0.1, 0.15) is 25.8 Å². The molecule has 2 rings (SSSR count). The van der Waals surface area contributed by atoms with Gasteiger partial charge in [0, 0.05) is 5.41 Å². The summed E-state index contributed by atoms with van der Waals surface area (Å²) in [5.41, 5.74) is -0.279. The van der Waals surface area contributed by atoms with E-state index in [9.17, 15) is 13.0 Å². The van der Waals surface area contributed by atoms with Crippen LogP contribution in [0.3, 0.4) is 0 Å². The zero-order valence-corrected chi connectivity index (χ0v) is 12.5. The average molecular weight is 300 g/mol. The van der Waals surface area contributed by atoms with Gasteiger partial charge in [0.25, 0.3) is 10.1 Å². The van der Waals surface area contributed by atoms with Crippen molar-refractivity contribution in [3.63, 3.8) is 0 Å². The summed E-state index contributed by atoms with van der Waals surface area (Å²) in [7, 11) is -4.35. The van der Waals surface area contributed by atoms with Crippen molar-refractivity contribution in [1.29, 1.82) is 0 Å². The first-order valence-corrected chi connectivity index (χ1v) is 7.99. The van der Waals surface area contributed by atoms with Crippen molar-refractivity contribution in [3.8, 4) is 0 Å². The highest BCUT2D eigenvalue weighted by molar-refractivity contribution is 7.86. The van der Waals surface area contributed by atoms with E-state index in [1.54, 1.807) is 37.3 Å². The molecule has 1 atom stereocenters. The lowest BCUT2D eigenvalue weighted by atomic mass is 9.71. The molecule has 1 saturated heterocycles. The molecular formula is C14H20O5S. The lowest BCUT2D eigenvalue weighted by Crippen LogP contribution is -2.55. The van der Waals surface area contributed by atoms with Crippen LogP contribution in [0, 0.1) is 5.41 Å². The van der Waals surface area contributed by atoms with Gasteiger partial charge in [-0.3, -0.25) is 4.55 Å². The molecule has 0 bridgehead atoms. The van der Waals surface area contributed by atoms with E-state index >= 15 is 0 Å². The lowest BCUT2D eigenvalue weighted by molar-refractivity contribution is -0.178. The fraction of sp³-hybridized carbons (Fsp3) is 0.571. The summed E-state index contributed by atoms with van der Waals surface area (Å²) in [6.07, 6.45) is 0.512. The van der Waals surface area contributed by atoms with Gasteiger partial charge in [0.1, 0.15) is 11.5 Å². The number of benzene rings is 1. The number of ether oxygens (including phenoxy) is 2. The van der Waals surface area contributed by atoms with E-state index in [2.05, 4.69) is 0 Å². The van der Waals surface area contributed by atoms with Gasteiger partial charge in [0.05, 0.1) is 13.2 Å². The van der Waals surface area contributed by atoms with Gasteiger partial charge in [-0.2, -0.15) is 8.42 Å². The Bertz CT molecular complexity index is 548. The number of rotatable bonds is 4. The molecule has 0 spiro atoms. The van der Waals surface area contributed by atoms with Crippen LogP contribution in [-0.2, 0) is 24.3 Å².